The Hall–Kier alpha value is -0.490. The lowest BCUT2D eigenvalue weighted by molar-refractivity contribution is -0.127. The van der Waals surface area contributed by atoms with Gasteiger partial charge in [0.1, 0.15) is 5.75 Å². The van der Waals surface area contributed by atoms with E-state index in [4.69, 9.17) is 16.3 Å². The van der Waals surface area contributed by atoms with E-state index in [1.807, 2.05) is 14.0 Å². The second-order valence-electron chi connectivity index (χ2n) is 4.27. The summed E-state index contributed by atoms with van der Waals surface area (Å²) in [5, 5.41) is 6.47. The number of nitrogens with one attached hydrogen (secondary N) is 2. The van der Waals surface area contributed by atoms with Crippen LogP contribution in [0.3, 0.4) is 0 Å². The van der Waals surface area contributed by atoms with Gasteiger partial charge in [0.2, 0.25) is 0 Å². The van der Waals surface area contributed by atoms with Crippen molar-refractivity contribution in [3.8, 4) is 5.75 Å². The zero-order valence-electron chi connectivity index (χ0n) is 11.6. The van der Waals surface area contributed by atoms with E-state index in [2.05, 4.69) is 26.6 Å². The molecule has 0 fully saturated rings. The van der Waals surface area contributed by atoms with Crippen LogP contribution in [0.4, 0.5) is 0 Å². The molecule has 0 aliphatic rings. The van der Waals surface area contributed by atoms with Crippen LogP contribution in [0.2, 0.25) is 5.02 Å². The van der Waals surface area contributed by atoms with Crippen molar-refractivity contribution in [1.82, 2.24) is 10.6 Å². The molecule has 4 nitrogen and oxygen atoms in total. The van der Waals surface area contributed by atoms with E-state index in [0.717, 1.165) is 4.47 Å². The van der Waals surface area contributed by atoms with Gasteiger partial charge in [0, 0.05) is 17.6 Å². The molecule has 7 heteroatoms. The van der Waals surface area contributed by atoms with Crippen molar-refractivity contribution in [3.05, 3.63) is 27.7 Å². The van der Waals surface area contributed by atoms with Gasteiger partial charge in [-0.15, -0.1) is 12.4 Å². The predicted octanol–water partition coefficient (Wildman–Crippen LogP) is 3.02. The molecule has 0 radical (unpaired) electrons. The molecule has 1 aromatic rings. The molecule has 1 amide bonds. The first-order valence-electron chi connectivity index (χ1n) is 6.00. The predicted molar refractivity (Wildman–Crippen MR) is 88.0 cm³/mol. The maximum Gasteiger partial charge on any atom is 0.260 e. The van der Waals surface area contributed by atoms with Crippen LogP contribution in [-0.4, -0.2) is 31.6 Å². The van der Waals surface area contributed by atoms with Crippen LogP contribution in [0.1, 0.15) is 13.8 Å². The topological polar surface area (TPSA) is 50.4 Å². The van der Waals surface area contributed by atoms with Crippen LogP contribution in [0.25, 0.3) is 0 Å². The summed E-state index contributed by atoms with van der Waals surface area (Å²) in [4.78, 5) is 11.8. The van der Waals surface area contributed by atoms with Gasteiger partial charge in [-0.25, -0.2) is 0 Å². The van der Waals surface area contributed by atoms with Crippen molar-refractivity contribution < 1.29 is 9.53 Å². The van der Waals surface area contributed by atoms with Crippen LogP contribution in [0.5, 0.6) is 5.75 Å². The number of hydrogen-bond donors (Lipinski definition) is 2. The largest absolute Gasteiger partial charge is 0.480 e. The van der Waals surface area contributed by atoms with Gasteiger partial charge in [0.05, 0.1) is 4.47 Å². The fourth-order valence-corrected chi connectivity index (χ4v) is 2.09. The summed E-state index contributed by atoms with van der Waals surface area (Å²) in [6.45, 7) is 4.26. The number of likely N-dealkylation sites (N-methyl/N-ethyl adjacent to an activating group) is 1. The Bertz CT molecular complexity index is 446. The molecule has 114 valence electrons. The number of amides is 1. The van der Waals surface area contributed by atoms with E-state index in [9.17, 15) is 4.79 Å². The standard InChI is InChI=1S/C13H18BrClN2O2.ClH/c1-8(16-3)7-17-13(18)9(2)19-12-5-4-10(15)6-11(12)14;/h4-6,8-9,16H,7H2,1-3H3,(H,17,18);1H. The van der Waals surface area contributed by atoms with Gasteiger partial charge in [-0.05, 0) is 55.0 Å². The Morgan fingerprint density at radius 3 is 2.65 bits per heavy atom. The molecule has 20 heavy (non-hydrogen) atoms. The summed E-state index contributed by atoms with van der Waals surface area (Å²) in [7, 11) is 1.85. The van der Waals surface area contributed by atoms with Crippen molar-refractivity contribution in [2.45, 2.75) is 26.0 Å². The SMILES string of the molecule is CNC(C)CNC(=O)C(C)Oc1ccc(Cl)cc1Br.Cl. The number of ether oxygens (including phenoxy) is 1. The van der Waals surface area contributed by atoms with Gasteiger partial charge in [0.15, 0.2) is 6.10 Å². The normalized spacial score (nSPS) is 13.1. The van der Waals surface area contributed by atoms with Crippen molar-refractivity contribution >= 4 is 45.8 Å². The minimum absolute atomic E-state index is 0. The second kappa shape index (κ2) is 9.45. The number of carbonyl (C=O) groups excluding carboxylic acids is 1. The first-order chi connectivity index (χ1) is 8.93. The Labute approximate surface area is 139 Å². The lowest BCUT2D eigenvalue weighted by Gasteiger charge is -2.17. The number of carbonyl (C=O) groups is 1. The summed E-state index contributed by atoms with van der Waals surface area (Å²) < 4.78 is 6.32. The van der Waals surface area contributed by atoms with E-state index in [0.29, 0.717) is 17.3 Å². The molecular weight excluding hydrogens is 367 g/mol. The average Bonchev–Trinajstić information content (AvgIpc) is 2.38. The minimum Gasteiger partial charge on any atom is -0.480 e. The zero-order valence-corrected chi connectivity index (χ0v) is 14.7. The van der Waals surface area contributed by atoms with Gasteiger partial charge in [-0.2, -0.15) is 0 Å². The highest BCUT2D eigenvalue weighted by molar-refractivity contribution is 9.10. The molecule has 1 rings (SSSR count). The van der Waals surface area contributed by atoms with Gasteiger partial charge in [0.25, 0.3) is 5.91 Å². The van der Waals surface area contributed by atoms with Crippen molar-refractivity contribution in [3.63, 3.8) is 0 Å². The molecule has 0 bridgehead atoms. The van der Waals surface area contributed by atoms with Crippen molar-refractivity contribution in [2.24, 2.45) is 0 Å². The molecule has 2 N–H and O–H groups in total. The Kier molecular flexibility index (Phi) is 9.22. The molecule has 1 aromatic carbocycles. The molecule has 0 aliphatic carbocycles. The van der Waals surface area contributed by atoms with Crippen molar-refractivity contribution in [2.75, 3.05) is 13.6 Å². The fourth-order valence-electron chi connectivity index (χ4n) is 1.31. The molecular formula is C13H19BrCl2N2O2. The molecule has 0 spiro atoms. The number of rotatable bonds is 6. The van der Waals surface area contributed by atoms with Gasteiger partial charge in [-0.3, -0.25) is 4.79 Å². The minimum atomic E-state index is -0.568. The van der Waals surface area contributed by atoms with Crippen LogP contribution >= 0.6 is 39.9 Å². The highest BCUT2D eigenvalue weighted by Gasteiger charge is 2.16. The third kappa shape index (κ3) is 6.31. The molecule has 2 unspecified atom stereocenters. The maximum atomic E-state index is 11.8. The molecule has 0 aromatic heterocycles. The van der Waals surface area contributed by atoms with E-state index >= 15 is 0 Å². The summed E-state index contributed by atoms with van der Waals surface area (Å²) >= 11 is 9.19. The molecule has 0 saturated heterocycles. The first kappa shape index (κ1) is 19.5. The molecule has 0 saturated carbocycles. The average molecular weight is 386 g/mol. The number of hydrogen-bond acceptors (Lipinski definition) is 3. The highest BCUT2D eigenvalue weighted by Crippen LogP contribution is 2.28. The third-order valence-corrected chi connectivity index (χ3v) is 3.50. The molecule has 2 atom stereocenters. The van der Waals surface area contributed by atoms with Crippen molar-refractivity contribution in [1.29, 1.82) is 0 Å². The Balaban J connectivity index is 0.00000361. The van der Waals surface area contributed by atoms with E-state index in [1.54, 1.807) is 25.1 Å². The fraction of sp³-hybridized carbons (Fsp3) is 0.462. The van der Waals surface area contributed by atoms with E-state index in [1.165, 1.54) is 0 Å². The summed E-state index contributed by atoms with van der Waals surface area (Å²) in [5.41, 5.74) is 0. The summed E-state index contributed by atoms with van der Waals surface area (Å²) in [6.07, 6.45) is -0.568. The third-order valence-electron chi connectivity index (χ3n) is 2.64. The first-order valence-corrected chi connectivity index (χ1v) is 7.17. The van der Waals surface area contributed by atoms with Crippen LogP contribution < -0.4 is 15.4 Å². The molecule has 0 heterocycles. The maximum absolute atomic E-state index is 11.8. The van der Waals surface area contributed by atoms with E-state index < -0.39 is 6.10 Å². The molecule has 0 aliphatic heterocycles. The Morgan fingerprint density at radius 2 is 2.10 bits per heavy atom. The van der Waals surface area contributed by atoms with Crippen LogP contribution in [0, 0.1) is 0 Å². The van der Waals surface area contributed by atoms with Crippen LogP contribution in [0.15, 0.2) is 22.7 Å². The lowest BCUT2D eigenvalue weighted by Crippen LogP contribution is -2.42. The quantitative estimate of drug-likeness (QED) is 0.791. The monoisotopic (exact) mass is 384 g/mol. The van der Waals surface area contributed by atoms with Gasteiger partial charge in [-0.1, -0.05) is 11.6 Å². The number of halogens is 3. The second-order valence-corrected chi connectivity index (χ2v) is 5.56. The van der Waals surface area contributed by atoms with E-state index in [-0.39, 0.29) is 24.4 Å². The Morgan fingerprint density at radius 1 is 1.45 bits per heavy atom. The highest BCUT2D eigenvalue weighted by atomic mass is 79.9. The smallest absolute Gasteiger partial charge is 0.260 e. The summed E-state index contributed by atoms with van der Waals surface area (Å²) in [5.74, 6) is 0.442. The summed E-state index contributed by atoms with van der Waals surface area (Å²) in [6, 6.07) is 5.39. The van der Waals surface area contributed by atoms with Gasteiger partial charge < -0.3 is 15.4 Å². The van der Waals surface area contributed by atoms with Gasteiger partial charge >= 0.3 is 0 Å². The lowest BCUT2D eigenvalue weighted by atomic mass is 10.3. The van der Waals surface area contributed by atoms with Crippen LogP contribution in [-0.2, 0) is 4.79 Å². The zero-order chi connectivity index (χ0) is 14.4. The number of benzene rings is 1.